The average molecular weight is 767 g/mol. The number of aromatic nitrogens is 4. The summed E-state index contributed by atoms with van der Waals surface area (Å²) in [4.78, 5) is 72.7. The summed E-state index contributed by atoms with van der Waals surface area (Å²) in [5.74, 6) is 0.830. The van der Waals surface area contributed by atoms with Gasteiger partial charge in [0.05, 0.1) is 30.1 Å². The smallest absolute Gasteiger partial charge is 0.407 e. The number of H-pyrrole nitrogens is 2. The maximum Gasteiger partial charge on any atom is 0.407 e. The normalized spacial score (nSPS) is 18.0. The van der Waals surface area contributed by atoms with E-state index < -0.39 is 24.3 Å². The number of rotatable bonds is 13. The molecule has 56 heavy (non-hydrogen) atoms. The Morgan fingerprint density at radius 2 is 1.23 bits per heavy atom. The third-order valence-corrected chi connectivity index (χ3v) is 10.9. The van der Waals surface area contributed by atoms with Gasteiger partial charge in [0.25, 0.3) is 0 Å². The van der Waals surface area contributed by atoms with Crippen molar-refractivity contribution in [2.24, 2.45) is 11.8 Å². The number of nitrogens with zero attached hydrogens (tertiary/aromatic N) is 5. The van der Waals surface area contributed by atoms with Gasteiger partial charge in [0.2, 0.25) is 11.8 Å². The molecule has 1 unspecified atom stereocenters. The Hall–Kier alpha value is -5.66. The van der Waals surface area contributed by atoms with Crippen LogP contribution in [0.1, 0.15) is 91.0 Å². The van der Waals surface area contributed by atoms with Crippen molar-refractivity contribution in [1.82, 2.24) is 40.0 Å². The molecule has 4 N–H and O–H groups in total. The van der Waals surface area contributed by atoms with Crippen molar-refractivity contribution in [1.29, 1.82) is 0 Å². The molecule has 2 aromatic carbocycles. The monoisotopic (exact) mass is 766 g/mol. The van der Waals surface area contributed by atoms with Gasteiger partial charge >= 0.3 is 12.2 Å². The van der Waals surface area contributed by atoms with Crippen LogP contribution in [0.4, 0.5) is 9.59 Å². The fraction of sp³-hybridized carbons (Fsp3) is 0.476. The molecule has 2 aliphatic heterocycles. The molecule has 0 spiro atoms. The molecule has 6 rings (SSSR count). The zero-order chi connectivity index (χ0) is 40.1. The third-order valence-electron chi connectivity index (χ3n) is 10.9. The third kappa shape index (κ3) is 8.43. The number of ether oxygens (including phenoxy) is 1. The van der Waals surface area contributed by atoms with E-state index in [1.165, 1.54) is 4.90 Å². The number of imidazole rings is 2. The fourth-order valence-electron chi connectivity index (χ4n) is 8.00. The standard InChI is InChI=1S/C42H54N8O6/c1-7-48(42(54)55)36(26(5)6)40(52)50-22-10-12-34(50)38-44-24-32(46-38)30-19-15-28(16-20-30)27-13-17-29(18-14-27)31-23-43-37(45-31)33-11-9-21-49(33)39(51)35(25(3)4)47-41(53)56-8-2/h13-20,23-26,33-36H,7-12,21-22H2,1-6H3,(H,43,45)(H,44,46)(H,47,53)(H,54,55)/t33?,34-,35-,36-/m0/s1. The minimum absolute atomic E-state index is 0.107. The van der Waals surface area contributed by atoms with Crippen molar-refractivity contribution < 1.29 is 29.0 Å². The number of carbonyl (C=O) groups is 4. The maximum absolute atomic E-state index is 13.7. The van der Waals surface area contributed by atoms with E-state index in [0.29, 0.717) is 18.9 Å². The van der Waals surface area contributed by atoms with Crippen LogP contribution in [0.25, 0.3) is 33.6 Å². The van der Waals surface area contributed by atoms with Gasteiger partial charge in [0, 0.05) is 43.2 Å². The highest BCUT2D eigenvalue weighted by Gasteiger charge is 2.41. The van der Waals surface area contributed by atoms with Crippen LogP contribution in [0.3, 0.4) is 0 Å². The number of amides is 4. The molecule has 0 aliphatic carbocycles. The van der Waals surface area contributed by atoms with Gasteiger partial charge in [-0.2, -0.15) is 0 Å². The summed E-state index contributed by atoms with van der Waals surface area (Å²) in [6.45, 7) is 12.7. The molecule has 4 atom stereocenters. The van der Waals surface area contributed by atoms with E-state index in [0.717, 1.165) is 65.1 Å². The van der Waals surface area contributed by atoms with Crippen LogP contribution in [0.15, 0.2) is 60.9 Å². The van der Waals surface area contributed by atoms with Crippen LogP contribution in [0.5, 0.6) is 0 Å². The molecule has 0 bridgehead atoms. The number of hydrogen-bond donors (Lipinski definition) is 4. The van der Waals surface area contributed by atoms with E-state index in [1.807, 2.05) is 69.3 Å². The highest BCUT2D eigenvalue weighted by atomic mass is 16.5. The van der Waals surface area contributed by atoms with Gasteiger partial charge < -0.3 is 34.9 Å². The second-order valence-electron chi connectivity index (χ2n) is 15.2. The summed E-state index contributed by atoms with van der Waals surface area (Å²) in [5, 5.41) is 12.5. The van der Waals surface area contributed by atoms with Crippen LogP contribution in [-0.4, -0.2) is 102 Å². The molecular weight excluding hydrogens is 713 g/mol. The molecule has 2 fully saturated rings. The molecule has 2 saturated heterocycles. The zero-order valence-electron chi connectivity index (χ0n) is 33.1. The first-order valence-corrected chi connectivity index (χ1v) is 19.8. The number of nitrogens with one attached hydrogen (secondary N) is 3. The van der Waals surface area contributed by atoms with Gasteiger partial charge in [-0.05, 0) is 62.5 Å². The lowest BCUT2D eigenvalue weighted by molar-refractivity contribution is -0.139. The van der Waals surface area contributed by atoms with Crippen LogP contribution in [0, 0.1) is 11.8 Å². The SMILES string of the molecule is CCOC(=O)N[C@H](C(=O)N1CCCC1c1nc(-c2ccc(-c3ccc(-c4c[nH]c([C@@H]5CCCN5C(=O)[C@H](C(C)C)N(CC)C(=O)O)n4)cc3)cc2)c[nH]1)C(C)C. The van der Waals surface area contributed by atoms with Gasteiger partial charge in [0.15, 0.2) is 0 Å². The van der Waals surface area contributed by atoms with E-state index >= 15 is 0 Å². The molecule has 2 aliphatic rings. The molecule has 14 nitrogen and oxygen atoms in total. The van der Waals surface area contributed by atoms with E-state index in [-0.39, 0.29) is 48.9 Å². The Bertz CT molecular complexity index is 1990. The summed E-state index contributed by atoms with van der Waals surface area (Å²) in [5.41, 5.74) is 5.53. The Labute approximate surface area is 328 Å². The predicted octanol–water partition coefficient (Wildman–Crippen LogP) is 7.26. The van der Waals surface area contributed by atoms with E-state index in [2.05, 4.69) is 39.6 Å². The summed E-state index contributed by atoms with van der Waals surface area (Å²) in [7, 11) is 0. The van der Waals surface area contributed by atoms with Crippen molar-refractivity contribution in [3.63, 3.8) is 0 Å². The van der Waals surface area contributed by atoms with Gasteiger partial charge in [0.1, 0.15) is 23.7 Å². The fourth-order valence-corrected chi connectivity index (χ4v) is 8.00. The number of benzene rings is 2. The number of carboxylic acid groups (broad SMARTS) is 1. The number of alkyl carbamates (subject to hydrolysis) is 1. The quantitative estimate of drug-likeness (QED) is 0.110. The predicted molar refractivity (Wildman–Crippen MR) is 212 cm³/mol. The molecule has 298 valence electrons. The first-order valence-electron chi connectivity index (χ1n) is 19.8. The number of hydrogen-bond acceptors (Lipinski definition) is 7. The van der Waals surface area contributed by atoms with E-state index in [9.17, 15) is 24.3 Å². The average Bonchev–Trinajstić information content (AvgIpc) is 4.02. The van der Waals surface area contributed by atoms with Crippen molar-refractivity contribution in [3.8, 4) is 33.6 Å². The maximum atomic E-state index is 13.7. The number of likely N-dealkylation sites (tertiary alicyclic amines) is 2. The largest absolute Gasteiger partial charge is 0.465 e. The Morgan fingerprint density at radius 3 is 1.64 bits per heavy atom. The molecule has 2 aromatic heterocycles. The topological polar surface area (TPSA) is 177 Å². The molecule has 4 amide bonds. The van der Waals surface area contributed by atoms with Crippen molar-refractivity contribution in [3.05, 3.63) is 72.6 Å². The minimum Gasteiger partial charge on any atom is -0.465 e. The molecule has 0 saturated carbocycles. The molecule has 0 radical (unpaired) electrons. The van der Waals surface area contributed by atoms with E-state index in [1.54, 1.807) is 18.7 Å². The van der Waals surface area contributed by atoms with Crippen LogP contribution in [-0.2, 0) is 14.3 Å². The second kappa shape index (κ2) is 17.4. The highest BCUT2D eigenvalue weighted by Crippen LogP contribution is 2.35. The van der Waals surface area contributed by atoms with Crippen molar-refractivity contribution in [2.45, 2.75) is 91.4 Å². The summed E-state index contributed by atoms with van der Waals surface area (Å²) in [6.07, 6.45) is 5.25. The van der Waals surface area contributed by atoms with Crippen LogP contribution < -0.4 is 5.32 Å². The number of carbonyl (C=O) groups excluding carboxylic acids is 3. The Morgan fingerprint density at radius 1 is 0.768 bits per heavy atom. The van der Waals surface area contributed by atoms with E-state index in [4.69, 9.17) is 14.7 Å². The number of likely N-dealkylation sites (N-methyl/N-ethyl adjacent to an activating group) is 1. The highest BCUT2D eigenvalue weighted by molar-refractivity contribution is 5.87. The summed E-state index contributed by atoms with van der Waals surface area (Å²) < 4.78 is 5.04. The zero-order valence-corrected chi connectivity index (χ0v) is 33.1. The van der Waals surface area contributed by atoms with Crippen LogP contribution in [0.2, 0.25) is 0 Å². The van der Waals surface area contributed by atoms with Gasteiger partial charge in [-0.15, -0.1) is 0 Å². The van der Waals surface area contributed by atoms with Crippen LogP contribution >= 0.6 is 0 Å². The summed E-state index contributed by atoms with van der Waals surface area (Å²) >= 11 is 0. The first-order chi connectivity index (χ1) is 26.9. The molecular formula is C42H54N8O6. The molecule has 4 heterocycles. The van der Waals surface area contributed by atoms with Gasteiger partial charge in [-0.1, -0.05) is 76.2 Å². The minimum atomic E-state index is -1.09. The van der Waals surface area contributed by atoms with Gasteiger partial charge in [-0.25, -0.2) is 19.6 Å². The number of aromatic amines is 2. The summed E-state index contributed by atoms with van der Waals surface area (Å²) in [6, 6.07) is 14.5. The molecule has 4 aromatic rings. The Kier molecular flexibility index (Phi) is 12.5. The first kappa shape index (κ1) is 40.0. The second-order valence-corrected chi connectivity index (χ2v) is 15.2. The van der Waals surface area contributed by atoms with Crippen molar-refractivity contribution in [2.75, 3.05) is 26.2 Å². The lowest BCUT2D eigenvalue weighted by Gasteiger charge is -2.35. The molecule has 14 heteroatoms. The van der Waals surface area contributed by atoms with Crippen molar-refractivity contribution >= 4 is 24.0 Å². The lowest BCUT2D eigenvalue weighted by Crippen LogP contribution is -2.53. The lowest BCUT2D eigenvalue weighted by atomic mass is 10.0. The van der Waals surface area contributed by atoms with Gasteiger partial charge in [-0.3, -0.25) is 14.5 Å². The Balaban J connectivity index is 1.11.